The molecule has 10 nitrogen and oxygen atoms in total. The van der Waals surface area contributed by atoms with Crippen LogP contribution in [0.15, 0.2) is 42.9 Å². The lowest BCUT2D eigenvalue weighted by atomic mass is 9.89. The number of alkyl halides is 6. The van der Waals surface area contributed by atoms with E-state index in [-0.39, 0.29) is 17.6 Å². The summed E-state index contributed by atoms with van der Waals surface area (Å²) < 4.78 is 75.6. The third kappa shape index (κ3) is 9.98. The zero-order chi connectivity index (χ0) is 30.1. The lowest BCUT2D eigenvalue weighted by molar-refractivity contribution is -0.193. The predicted molar refractivity (Wildman–Crippen MR) is 123 cm³/mol. The first-order valence-electron chi connectivity index (χ1n) is 11.6. The van der Waals surface area contributed by atoms with Gasteiger partial charge in [-0.05, 0) is 37.5 Å². The molecule has 4 rings (SSSR count). The minimum atomic E-state index is -5.08. The van der Waals surface area contributed by atoms with Gasteiger partial charge in [0.1, 0.15) is 6.10 Å². The van der Waals surface area contributed by atoms with Crippen LogP contribution in [0.5, 0.6) is 5.88 Å². The predicted octanol–water partition coefficient (Wildman–Crippen LogP) is 3.89. The standard InChI is InChI=1S/C20H23N3O3.2C2HF3O2/c1-15-9-16(12-21-11-15)19(24)23-8-4-6-20(14-23)10-17(13-25-20)26-18-5-2-3-7-22-18;2*3-2(4,5)1(6)7/h2-3,5,7,9,11-12,17H,4,6,8,10,13-14H2,1H3;2*(H,6,7)/t17-,20+;;/m1../s1. The summed E-state index contributed by atoms with van der Waals surface area (Å²) in [6.45, 7) is 3.83. The summed E-state index contributed by atoms with van der Waals surface area (Å²) in [6, 6.07) is 7.51. The molecule has 2 aromatic heterocycles. The number of hydrogen-bond acceptors (Lipinski definition) is 7. The number of aliphatic carboxylic acids is 2. The molecule has 2 aliphatic rings. The third-order valence-electron chi connectivity index (χ3n) is 5.53. The van der Waals surface area contributed by atoms with Gasteiger partial charge in [0.05, 0.1) is 24.3 Å². The lowest BCUT2D eigenvalue weighted by Gasteiger charge is -2.39. The number of amides is 1. The Balaban J connectivity index is 0.000000333. The van der Waals surface area contributed by atoms with E-state index in [1.54, 1.807) is 18.6 Å². The SMILES string of the molecule is Cc1cncc(C(=O)N2CCC[C@]3(C[C@@H](Oc4ccccn4)CO3)C2)c1.O=C(O)C(F)(F)F.O=C(O)C(F)(F)F. The topological polar surface area (TPSA) is 139 Å². The van der Waals surface area contributed by atoms with Crippen LogP contribution in [0.2, 0.25) is 0 Å². The van der Waals surface area contributed by atoms with Gasteiger partial charge in [-0.1, -0.05) is 6.07 Å². The first kappa shape index (κ1) is 32.3. The molecule has 0 saturated carbocycles. The smallest absolute Gasteiger partial charge is 0.475 e. The largest absolute Gasteiger partial charge is 0.490 e. The molecule has 1 spiro atoms. The van der Waals surface area contributed by atoms with E-state index in [9.17, 15) is 31.1 Å². The molecular formula is C24H25F6N3O7. The Bertz CT molecular complexity index is 1140. The lowest BCUT2D eigenvalue weighted by Crippen LogP contribution is -2.50. The van der Waals surface area contributed by atoms with Gasteiger partial charge in [-0.15, -0.1) is 0 Å². The Morgan fingerprint density at radius 3 is 2.23 bits per heavy atom. The number of pyridine rings is 2. The van der Waals surface area contributed by atoms with E-state index in [4.69, 9.17) is 29.3 Å². The molecule has 0 unspecified atom stereocenters. The van der Waals surface area contributed by atoms with Crippen LogP contribution in [-0.4, -0.2) is 86.7 Å². The molecule has 0 aromatic carbocycles. The second-order valence-electron chi connectivity index (χ2n) is 8.79. The molecule has 220 valence electrons. The molecule has 16 heteroatoms. The minimum Gasteiger partial charge on any atom is -0.475 e. The van der Waals surface area contributed by atoms with Gasteiger partial charge in [0.2, 0.25) is 5.88 Å². The average molecular weight is 581 g/mol. The van der Waals surface area contributed by atoms with Crippen LogP contribution in [0.3, 0.4) is 0 Å². The van der Waals surface area contributed by atoms with E-state index in [1.807, 2.05) is 36.1 Å². The number of carboxylic acids is 2. The molecule has 2 aliphatic heterocycles. The number of aromatic nitrogens is 2. The number of ether oxygens (including phenoxy) is 2. The van der Waals surface area contributed by atoms with E-state index >= 15 is 0 Å². The fourth-order valence-corrected chi connectivity index (χ4v) is 3.88. The average Bonchev–Trinajstić information content (AvgIpc) is 3.24. The first-order valence-corrected chi connectivity index (χ1v) is 11.6. The molecule has 1 amide bonds. The van der Waals surface area contributed by atoms with Crippen LogP contribution in [-0.2, 0) is 14.3 Å². The summed E-state index contributed by atoms with van der Waals surface area (Å²) in [4.78, 5) is 40.9. The highest BCUT2D eigenvalue weighted by molar-refractivity contribution is 5.94. The first-order chi connectivity index (χ1) is 18.5. The third-order valence-corrected chi connectivity index (χ3v) is 5.53. The molecule has 40 heavy (non-hydrogen) atoms. The second kappa shape index (κ2) is 13.4. The van der Waals surface area contributed by atoms with Crippen LogP contribution >= 0.6 is 0 Å². The van der Waals surface area contributed by atoms with E-state index in [0.29, 0.717) is 24.6 Å². The molecule has 4 heterocycles. The fraction of sp³-hybridized carbons (Fsp3) is 0.458. The molecule has 0 bridgehead atoms. The Labute approximate surface area is 223 Å². The molecule has 2 N–H and O–H groups in total. The Kier molecular flexibility index (Phi) is 10.8. The highest BCUT2D eigenvalue weighted by Crippen LogP contribution is 2.36. The van der Waals surface area contributed by atoms with Gasteiger partial charge in [0, 0.05) is 37.6 Å². The van der Waals surface area contributed by atoms with Gasteiger partial charge in [-0.3, -0.25) is 9.78 Å². The molecule has 2 aromatic rings. The van der Waals surface area contributed by atoms with Crippen LogP contribution in [0, 0.1) is 6.92 Å². The van der Waals surface area contributed by atoms with Crippen LogP contribution in [0.4, 0.5) is 26.3 Å². The normalized spacial score (nSPS) is 20.5. The van der Waals surface area contributed by atoms with Crippen molar-refractivity contribution in [2.75, 3.05) is 19.7 Å². The monoisotopic (exact) mass is 581 g/mol. The zero-order valence-electron chi connectivity index (χ0n) is 20.9. The maximum atomic E-state index is 12.9. The number of carbonyl (C=O) groups excluding carboxylic acids is 1. The minimum absolute atomic E-state index is 0.0259. The van der Waals surface area contributed by atoms with Crippen LogP contribution in [0.1, 0.15) is 35.2 Å². The molecule has 2 atom stereocenters. The number of piperidine rings is 1. The zero-order valence-corrected chi connectivity index (χ0v) is 20.9. The summed E-state index contributed by atoms with van der Waals surface area (Å²) in [5, 5.41) is 14.2. The fourth-order valence-electron chi connectivity index (χ4n) is 3.88. The van der Waals surface area contributed by atoms with Crippen molar-refractivity contribution in [3.63, 3.8) is 0 Å². The number of hydrogen-bond donors (Lipinski definition) is 2. The number of likely N-dealkylation sites (tertiary alicyclic amines) is 1. The summed E-state index contributed by atoms with van der Waals surface area (Å²) in [7, 11) is 0. The summed E-state index contributed by atoms with van der Waals surface area (Å²) in [5.74, 6) is -4.87. The van der Waals surface area contributed by atoms with Gasteiger partial charge < -0.3 is 24.6 Å². The van der Waals surface area contributed by atoms with Gasteiger partial charge in [-0.25, -0.2) is 14.6 Å². The van der Waals surface area contributed by atoms with Crippen molar-refractivity contribution in [3.05, 3.63) is 54.0 Å². The van der Waals surface area contributed by atoms with E-state index in [2.05, 4.69) is 9.97 Å². The Hall–Kier alpha value is -3.95. The number of carboxylic acid groups (broad SMARTS) is 2. The van der Waals surface area contributed by atoms with Gasteiger partial charge >= 0.3 is 24.3 Å². The van der Waals surface area contributed by atoms with Crippen molar-refractivity contribution in [1.29, 1.82) is 0 Å². The van der Waals surface area contributed by atoms with Crippen LogP contribution < -0.4 is 4.74 Å². The van der Waals surface area contributed by atoms with Crippen molar-refractivity contribution in [2.45, 2.75) is 50.2 Å². The number of nitrogens with zero attached hydrogens (tertiary/aromatic N) is 3. The van der Waals surface area contributed by atoms with Gasteiger partial charge in [0.15, 0.2) is 0 Å². The summed E-state index contributed by atoms with van der Waals surface area (Å²) in [6.07, 6.45) is -2.42. The van der Waals surface area contributed by atoms with E-state index < -0.39 is 24.3 Å². The number of aryl methyl sites for hydroxylation is 1. The Morgan fingerprint density at radius 1 is 1.07 bits per heavy atom. The molecule has 2 saturated heterocycles. The van der Waals surface area contributed by atoms with Crippen molar-refractivity contribution < 1.29 is 60.4 Å². The highest BCUT2D eigenvalue weighted by atomic mass is 19.4. The molecular weight excluding hydrogens is 556 g/mol. The van der Waals surface area contributed by atoms with E-state index in [0.717, 1.165) is 31.4 Å². The second-order valence-corrected chi connectivity index (χ2v) is 8.79. The number of halogens is 6. The number of carbonyl (C=O) groups is 3. The molecule has 0 radical (unpaired) electrons. The summed E-state index contributed by atoms with van der Waals surface area (Å²) >= 11 is 0. The van der Waals surface area contributed by atoms with Crippen molar-refractivity contribution in [2.24, 2.45) is 0 Å². The highest BCUT2D eigenvalue weighted by Gasteiger charge is 2.45. The maximum Gasteiger partial charge on any atom is 0.490 e. The van der Waals surface area contributed by atoms with Gasteiger partial charge in [-0.2, -0.15) is 26.3 Å². The van der Waals surface area contributed by atoms with Crippen molar-refractivity contribution in [1.82, 2.24) is 14.9 Å². The quantitative estimate of drug-likeness (QED) is 0.517. The molecule has 2 fully saturated rings. The van der Waals surface area contributed by atoms with Gasteiger partial charge in [0.25, 0.3) is 5.91 Å². The van der Waals surface area contributed by atoms with Crippen molar-refractivity contribution in [3.8, 4) is 5.88 Å². The Morgan fingerprint density at radius 2 is 1.70 bits per heavy atom. The van der Waals surface area contributed by atoms with Crippen molar-refractivity contribution >= 4 is 17.8 Å². The molecule has 0 aliphatic carbocycles. The van der Waals surface area contributed by atoms with Crippen LogP contribution in [0.25, 0.3) is 0 Å². The maximum absolute atomic E-state index is 12.9. The number of rotatable bonds is 3. The summed E-state index contributed by atoms with van der Waals surface area (Å²) in [5.41, 5.74) is 1.31. The van der Waals surface area contributed by atoms with E-state index in [1.165, 1.54) is 0 Å².